The molecule has 106 valence electrons. The first-order chi connectivity index (χ1) is 9.58. The van der Waals surface area contributed by atoms with Crippen molar-refractivity contribution in [2.45, 2.75) is 26.3 Å². The molecule has 0 radical (unpaired) electrons. The van der Waals surface area contributed by atoms with Crippen molar-refractivity contribution in [2.75, 3.05) is 10.6 Å². The van der Waals surface area contributed by atoms with Crippen LogP contribution in [0.1, 0.15) is 19.0 Å². The largest absolute Gasteiger partial charge is 0.374 e. The van der Waals surface area contributed by atoms with Gasteiger partial charge >= 0.3 is 0 Å². The van der Waals surface area contributed by atoms with Gasteiger partial charge in [-0.05, 0) is 37.6 Å². The quantitative estimate of drug-likeness (QED) is 0.879. The smallest absolute Gasteiger partial charge is 0.248 e. The maximum absolute atomic E-state index is 12.2. The first-order valence-electron chi connectivity index (χ1n) is 6.33. The molecule has 2 aromatic rings. The van der Waals surface area contributed by atoms with Crippen molar-refractivity contribution in [3.8, 4) is 0 Å². The van der Waals surface area contributed by atoms with Gasteiger partial charge in [0.25, 0.3) is 0 Å². The summed E-state index contributed by atoms with van der Waals surface area (Å²) in [5.74, 6) is -0.0863. The maximum Gasteiger partial charge on any atom is 0.248 e. The lowest BCUT2D eigenvalue weighted by Gasteiger charge is -2.17. The van der Waals surface area contributed by atoms with E-state index in [9.17, 15) is 4.79 Å². The maximum atomic E-state index is 12.2. The average molecular weight is 310 g/mol. The Morgan fingerprint density at radius 2 is 2.10 bits per heavy atom. The topological polar surface area (TPSA) is 54.0 Å². The first kappa shape index (κ1) is 14.8. The van der Waals surface area contributed by atoms with Crippen molar-refractivity contribution >= 4 is 39.7 Å². The third-order valence-corrected chi connectivity index (χ3v) is 3.89. The molecular formula is C14H16ClN3OS. The van der Waals surface area contributed by atoms with E-state index in [1.54, 1.807) is 12.1 Å². The number of carbonyl (C=O) groups excluding carboxylic acids is 1. The van der Waals surface area contributed by atoms with Crippen molar-refractivity contribution in [1.29, 1.82) is 0 Å². The van der Waals surface area contributed by atoms with Gasteiger partial charge in [0.15, 0.2) is 5.13 Å². The molecule has 1 aromatic heterocycles. The lowest BCUT2D eigenvalue weighted by Crippen LogP contribution is -2.34. The summed E-state index contributed by atoms with van der Waals surface area (Å²) in [6.07, 6.45) is 0.679. The number of nitrogens with one attached hydrogen (secondary N) is 2. The van der Waals surface area contributed by atoms with Crippen LogP contribution in [0.25, 0.3) is 0 Å². The Hall–Kier alpha value is -1.59. The fourth-order valence-electron chi connectivity index (χ4n) is 1.70. The molecule has 1 amide bonds. The molecular weight excluding hydrogens is 294 g/mol. The Balaban J connectivity index is 2.00. The van der Waals surface area contributed by atoms with Crippen molar-refractivity contribution in [3.63, 3.8) is 0 Å². The predicted octanol–water partition coefficient (Wildman–Crippen LogP) is 3.93. The van der Waals surface area contributed by atoms with Crippen LogP contribution in [0.3, 0.4) is 0 Å². The van der Waals surface area contributed by atoms with E-state index in [-0.39, 0.29) is 11.9 Å². The van der Waals surface area contributed by atoms with Crippen LogP contribution in [0.5, 0.6) is 0 Å². The van der Waals surface area contributed by atoms with E-state index in [0.717, 1.165) is 11.4 Å². The van der Waals surface area contributed by atoms with Gasteiger partial charge in [-0.3, -0.25) is 4.79 Å². The van der Waals surface area contributed by atoms with Gasteiger partial charge in [-0.15, -0.1) is 11.3 Å². The Morgan fingerprint density at radius 3 is 2.65 bits per heavy atom. The summed E-state index contributed by atoms with van der Waals surface area (Å²) in [4.78, 5) is 16.4. The summed E-state index contributed by atoms with van der Waals surface area (Å²) >= 11 is 7.27. The van der Waals surface area contributed by atoms with E-state index >= 15 is 0 Å². The van der Waals surface area contributed by atoms with E-state index < -0.39 is 0 Å². The SMILES string of the molecule is CC[C@H](Nc1ccc(Cl)cc1)C(=O)Nc1nc(C)cs1. The fourth-order valence-corrected chi connectivity index (χ4v) is 2.52. The number of benzene rings is 1. The summed E-state index contributed by atoms with van der Waals surface area (Å²) in [6, 6.07) is 6.98. The molecule has 0 spiro atoms. The standard InChI is InChI=1S/C14H16ClN3OS/c1-3-12(17-11-6-4-10(15)5-7-11)13(19)18-14-16-9(2)8-20-14/h4-8,12,17H,3H2,1-2H3,(H,16,18,19)/t12-/m0/s1. The number of anilines is 2. The van der Waals surface area contributed by atoms with Crippen LogP contribution in [0.4, 0.5) is 10.8 Å². The third-order valence-electron chi connectivity index (χ3n) is 2.76. The van der Waals surface area contributed by atoms with Crippen LogP contribution in [-0.4, -0.2) is 16.9 Å². The number of halogens is 1. The molecule has 2 rings (SSSR count). The monoisotopic (exact) mass is 309 g/mol. The Morgan fingerprint density at radius 1 is 1.40 bits per heavy atom. The molecule has 0 aliphatic rings. The minimum absolute atomic E-state index is 0.0863. The number of amides is 1. The molecule has 0 unspecified atom stereocenters. The molecule has 1 heterocycles. The molecule has 2 N–H and O–H groups in total. The second-order valence-corrected chi connectivity index (χ2v) is 5.69. The summed E-state index contributed by atoms with van der Waals surface area (Å²) in [5.41, 5.74) is 1.77. The van der Waals surface area contributed by atoms with Crippen LogP contribution in [0, 0.1) is 6.92 Å². The van der Waals surface area contributed by atoms with Gasteiger partial charge in [-0.1, -0.05) is 18.5 Å². The molecule has 1 atom stereocenters. The lowest BCUT2D eigenvalue weighted by molar-refractivity contribution is -0.116. The molecule has 1 aromatic carbocycles. The number of nitrogens with zero attached hydrogens (tertiary/aromatic N) is 1. The van der Waals surface area contributed by atoms with Gasteiger partial charge < -0.3 is 10.6 Å². The minimum Gasteiger partial charge on any atom is -0.374 e. The van der Waals surface area contributed by atoms with Crippen molar-refractivity contribution in [3.05, 3.63) is 40.4 Å². The highest BCUT2D eigenvalue weighted by Crippen LogP contribution is 2.17. The van der Waals surface area contributed by atoms with Crippen molar-refractivity contribution in [2.24, 2.45) is 0 Å². The van der Waals surface area contributed by atoms with Crippen LogP contribution in [-0.2, 0) is 4.79 Å². The van der Waals surface area contributed by atoms with E-state index in [1.165, 1.54) is 11.3 Å². The third kappa shape index (κ3) is 3.95. The molecule has 0 fully saturated rings. The fraction of sp³-hybridized carbons (Fsp3) is 0.286. The number of aromatic nitrogens is 1. The zero-order valence-electron chi connectivity index (χ0n) is 11.3. The molecule has 0 saturated heterocycles. The van der Waals surface area contributed by atoms with Gasteiger partial charge in [0.1, 0.15) is 6.04 Å². The Kier molecular flexibility index (Phi) is 4.98. The zero-order valence-corrected chi connectivity index (χ0v) is 12.9. The predicted molar refractivity (Wildman–Crippen MR) is 84.6 cm³/mol. The summed E-state index contributed by atoms with van der Waals surface area (Å²) in [5, 5.41) is 9.22. The molecule has 20 heavy (non-hydrogen) atoms. The van der Waals surface area contributed by atoms with Crippen molar-refractivity contribution < 1.29 is 4.79 Å². The van der Waals surface area contributed by atoms with E-state index in [4.69, 9.17) is 11.6 Å². The van der Waals surface area contributed by atoms with Crippen LogP contribution >= 0.6 is 22.9 Å². The zero-order chi connectivity index (χ0) is 14.5. The second kappa shape index (κ2) is 6.72. The molecule has 4 nitrogen and oxygen atoms in total. The van der Waals surface area contributed by atoms with Crippen LogP contribution in [0.15, 0.2) is 29.6 Å². The molecule has 0 saturated carbocycles. The highest BCUT2D eigenvalue weighted by molar-refractivity contribution is 7.13. The van der Waals surface area contributed by atoms with E-state index in [0.29, 0.717) is 16.6 Å². The minimum atomic E-state index is -0.305. The van der Waals surface area contributed by atoms with Gasteiger partial charge in [-0.25, -0.2) is 4.98 Å². The molecule has 0 bridgehead atoms. The normalized spacial score (nSPS) is 11.9. The number of hydrogen-bond donors (Lipinski definition) is 2. The summed E-state index contributed by atoms with van der Waals surface area (Å²) < 4.78 is 0. The number of aryl methyl sites for hydroxylation is 1. The first-order valence-corrected chi connectivity index (χ1v) is 7.59. The number of carbonyl (C=O) groups is 1. The second-order valence-electron chi connectivity index (χ2n) is 4.40. The summed E-state index contributed by atoms with van der Waals surface area (Å²) in [7, 11) is 0. The van der Waals surface area contributed by atoms with Gasteiger partial charge in [-0.2, -0.15) is 0 Å². The number of hydrogen-bond acceptors (Lipinski definition) is 4. The Bertz CT molecular complexity index is 582. The number of rotatable bonds is 5. The highest BCUT2D eigenvalue weighted by Gasteiger charge is 2.17. The lowest BCUT2D eigenvalue weighted by atomic mass is 10.2. The van der Waals surface area contributed by atoms with E-state index in [1.807, 2.05) is 31.4 Å². The average Bonchev–Trinajstić information content (AvgIpc) is 2.83. The Labute approximate surface area is 127 Å². The van der Waals surface area contributed by atoms with Crippen LogP contribution < -0.4 is 10.6 Å². The van der Waals surface area contributed by atoms with E-state index in [2.05, 4.69) is 15.6 Å². The summed E-state index contributed by atoms with van der Waals surface area (Å²) in [6.45, 7) is 3.86. The number of thiazole rings is 1. The highest BCUT2D eigenvalue weighted by atomic mass is 35.5. The van der Waals surface area contributed by atoms with Gasteiger partial charge in [0.05, 0.1) is 5.69 Å². The molecule has 0 aliphatic heterocycles. The van der Waals surface area contributed by atoms with Crippen LogP contribution in [0.2, 0.25) is 5.02 Å². The van der Waals surface area contributed by atoms with Gasteiger partial charge in [0.2, 0.25) is 5.91 Å². The molecule has 0 aliphatic carbocycles. The van der Waals surface area contributed by atoms with Gasteiger partial charge in [0, 0.05) is 16.1 Å². The van der Waals surface area contributed by atoms with Crippen molar-refractivity contribution in [1.82, 2.24) is 4.98 Å². The molecule has 6 heteroatoms.